The lowest BCUT2D eigenvalue weighted by Gasteiger charge is -2.09. The van der Waals surface area contributed by atoms with E-state index in [1.165, 1.54) is 0 Å². The molecule has 0 unspecified atom stereocenters. The van der Waals surface area contributed by atoms with E-state index in [0.717, 1.165) is 22.7 Å². The fraction of sp³-hybridized carbons (Fsp3) is 0.308. The van der Waals surface area contributed by atoms with Gasteiger partial charge >= 0.3 is 0 Å². The van der Waals surface area contributed by atoms with Crippen molar-refractivity contribution >= 4 is 43.4 Å². The van der Waals surface area contributed by atoms with Crippen molar-refractivity contribution in [2.24, 2.45) is 0 Å². The smallest absolute Gasteiger partial charge is 0.241 e. The molecular formula is C13H15IN2O2S. The topological polar surface area (TPSA) is 59.1 Å². The zero-order valence-electron chi connectivity index (χ0n) is 10.3. The van der Waals surface area contributed by atoms with Crippen molar-refractivity contribution in [2.45, 2.75) is 17.7 Å². The summed E-state index contributed by atoms with van der Waals surface area (Å²) in [5, 5.41) is 1.54. The van der Waals surface area contributed by atoms with Crippen LogP contribution in [-0.4, -0.2) is 24.4 Å². The van der Waals surface area contributed by atoms with Gasteiger partial charge in [-0.3, -0.25) is 4.98 Å². The summed E-state index contributed by atoms with van der Waals surface area (Å²) in [7, 11) is -3.45. The van der Waals surface area contributed by atoms with Gasteiger partial charge in [0.25, 0.3) is 0 Å². The second-order valence-electron chi connectivity index (χ2n) is 4.15. The molecule has 0 aliphatic heterocycles. The Kier molecular flexibility index (Phi) is 5.12. The molecule has 0 radical (unpaired) electrons. The fourth-order valence-corrected chi connectivity index (χ4v) is 3.67. The van der Waals surface area contributed by atoms with E-state index in [1.54, 1.807) is 30.6 Å². The highest BCUT2D eigenvalue weighted by atomic mass is 127. The number of sulfonamides is 1. The predicted octanol–water partition coefficient (Wildman–Crippen LogP) is 2.73. The first-order valence-corrected chi connectivity index (χ1v) is 9.04. The molecular weight excluding hydrogens is 375 g/mol. The summed E-state index contributed by atoms with van der Waals surface area (Å²) >= 11 is 2.29. The molecule has 1 N–H and O–H groups in total. The number of pyridine rings is 1. The number of alkyl halides is 1. The average Bonchev–Trinajstić information content (AvgIpc) is 2.43. The van der Waals surface area contributed by atoms with Crippen molar-refractivity contribution in [2.75, 3.05) is 11.0 Å². The maximum absolute atomic E-state index is 12.3. The number of fused-ring (bicyclic) bond motifs is 1. The lowest BCUT2D eigenvalue weighted by molar-refractivity contribution is 0.579. The molecule has 0 saturated heterocycles. The van der Waals surface area contributed by atoms with Crippen LogP contribution in [0.2, 0.25) is 0 Å². The molecule has 0 aliphatic carbocycles. The highest BCUT2D eigenvalue weighted by Crippen LogP contribution is 2.21. The second kappa shape index (κ2) is 6.62. The van der Waals surface area contributed by atoms with Crippen LogP contribution >= 0.6 is 22.6 Å². The van der Waals surface area contributed by atoms with Crippen molar-refractivity contribution in [3.05, 3.63) is 36.7 Å². The first kappa shape index (κ1) is 14.7. The Labute approximate surface area is 126 Å². The van der Waals surface area contributed by atoms with E-state index in [-0.39, 0.29) is 0 Å². The number of aromatic nitrogens is 1. The van der Waals surface area contributed by atoms with E-state index in [1.807, 2.05) is 6.07 Å². The third-order valence-electron chi connectivity index (χ3n) is 2.78. The van der Waals surface area contributed by atoms with Gasteiger partial charge in [0.15, 0.2) is 0 Å². The number of halogens is 1. The Morgan fingerprint density at radius 2 is 2.05 bits per heavy atom. The maximum Gasteiger partial charge on any atom is 0.241 e. The highest BCUT2D eigenvalue weighted by Gasteiger charge is 2.16. The molecule has 4 nitrogen and oxygen atoms in total. The molecule has 0 amide bonds. The van der Waals surface area contributed by atoms with Crippen LogP contribution in [0, 0.1) is 0 Å². The predicted molar refractivity (Wildman–Crippen MR) is 85.1 cm³/mol. The van der Waals surface area contributed by atoms with Crippen LogP contribution in [0.3, 0.4) is 0 Å². The number of unbranched alkanes of at least 4 members (excludes halogenated alkanes) is 1. The van der Waals surface area contributed by atoms with Crippen LogP contribution in [0.15, 0.2) is 41.6 Å². The van der Waals surface area contributed by atoms with E-state index in [4.69, 9.17) is 0 Å². The molecule has 0 saturated carbocycles. The van der Waals surface area contributed by atoms with Crippen molar-refractivity contribution in [3.8, 4) is 0 Å². The van der Waals surface area contributed by atoms with E-state index in [0.29, 0.717) is 16.8 Å². The van der Waals surface area contributed by atoms with Crippen molar-refractivity contribution in [1.29, 1.82) is 0 Å². The van der Waals surface area contributed by atoms with Gasteiger partial charge in [0.05, 0.1) is 4.90 Å². The summed E-state index contributed by atoms with van der Waals surface area (Å²) in [5.74, 6) is 0. The van der Waals surface area contributed by atoms with Crippen LogP contribution < -0.4 is 4.72 Å². The number of hydrogen-bond donors (Lipinski definition) is 1. The van der Waals surface area contributed by atoms with E-state index in [2.05, 4.69) is 32.3 Å². The van der Waals surface area contributed by atoms with Gasteiger partial charge in [0, 0.05) is 29.7 Å². The summed E-state index contributed by atoms with van der Waals surface area (Å²) in [5.41, 5.74) is 0. The summed E-state index contributed by atoms with van der Waals surface area (Å²) in [6, 6.07) is 6.96. The largest absolute Gasteiger partial charge is 0.264 e. The van der Waals surface area contributed by atoms with Crippen molar-refractivity contribution in [1.82, 2.24) is 9.71 Å². The van der Waals surface area contributed by atoms with E-state index >= 15 is 0 Å². The monoisotopic (exact) mass is 390 g/mol. The quantitative estimate of drug-likeness (QED) is 0.469. The number of nitrogens with one attached hydrogen (secondary N) is 1. The lowest BCUT2D eigenvalue weighted by Crippen LogP contribution is -2.25. The molecule has 0 fully saturated rings. The van der Waals surface area contributed by atoms with Crippen molar-refractivity contribution in [3.63, 3.8) is 0 Å². The van der Waals surface area contributed by atoms with Crippen LogP contribution in [0.4, 0.5) is 0 Å². The van der Waals surface area contributed by atoms with Gasteiger partial charge in [0.2, 0.25) is 10.0 Å². The average molecular weight is 390 g/mol. The molecule has 2 aromatic rings. The standard InChI is InChI=1S/C13H15IN2O2S/c14-7-1-2-8-16-19(17,18)13-5-3-4-11-10-15-9-6-12(11)13/h3-6,9-10,16H,1-2,7-8H2. The zero-order chi connectivity index (χ0) is 13.7. The number of nitrogens with zero attached hydrogens (tertiary/aromatic N) is 1. The molecule has 1 heterocycles. The van der Waals surface area contributed by atoms with Crippen LogP contribution in [0.1, 0.15) is 12.8 Å². The van der Waals surface area contributed by atoms with Crippen LogP contribution in [-0.2, 0) is 10.0 Å². The molecule has 0 aliphatic rings. The minimum atomic E-state index is -3.45. The zero-order valence-corrected chi connectivity index (χ0v) is 13.3. The highest BCUT2D eigenvalue weighted by molar-refractivity contribution is 14.1. The Bertz CT molecular complexity index is 653. The molecule has 0 atom stereocenters. The summed E-state index contributed by atoms with van der Waals surface area (Å²) < 4.78 is 28.2. The summed E-state index contributed by atoms with van der Waals surface area (Å²) in [4.78, 5) is 4.33. The molecule has 102 valence electrons. The van der Waals surface area contributed by atoms with Gasteiger partial charge < -0.3 is 0 Å². The number of rotatable bonds is 6. The van der Waals surface area contributed by atoms with Crippen molar-refractivity contribution < 1.29 is 8.42 Å². The summed E-state index contributed by atoms with van der Waals surface area (Å²) in [6.45, 7) is 0.479. The third kappa shape index (κ3) is 3.64. The summed E-state index contributed by atoms with van der Waals surface area (Å²) in [6.07, 6.45) is 5.15. The van der Waals surface area contributed by atoms with Gasteiger partial charge in [0.1, 0.15) is 0 Å². The molecule has 0 bridgehead atoms. The van der Waals surface area contributed by atoms with Crippen LogP contribution in [0.5, 0.6) is 0 Å². The molecule has 0 spiro atoms. The van der Waals surface area contributed by atoms with Gasteiger partial charge in [-0.15, -0.1) is 0 Å². The minimum Gasteiger partial charge on any atom is -0.264 e. The Morgan fingerprint density at radius 1 is 1.21 bits per heavy atom. The Balaban J connectivity index is 2.28. The van der Waals surface area contributed by atoms with Gasteiger partial charge in [-0.05, 0) is 29.4 Å². The van der Waals surface area contributed by atoms with E-state index in [9.17, 15) is 8.42 Å². The first-order chi connectivity index (χ1) is 9.15. The van der Waals surface area contributed by atoms with Crippen LogP contribution in [0.25, 0.3) is 10.8 Å². The fourth-order valence-electron chi connectivity index (χ4n) is 1.83. The van der Waals surface area contributed by atoms with Gasteiger partial charge in [-0.1, -0.05) is 34.7 Å². The Hall–Kier alpha value is -0.730. The van der Waals surface area contributed by atoms with Gasteiger partial charge in [-0.2, -0.15) is 0 Å². The SMILES string of the molecule is O=S(=O)(NCCCCI)c1cccc2cnccc12. The Morgan fingerprint density at radius 3 is 2.84 bits per heavy atom. The minimum absolute atomic E-state index is 0.321. The maximum atomic E-state index is 12.3. The molecule has 6 heteroatoms. The third-order valence-corrected chi connectivity index (χ3v) is 5.06. The number of hydrogen-bond acceptors (Lipinski definition) is 3. The molecule has 1 aromatic heterocycles. The second-order valence-corrected chi connectivity index (χ2v) is 6.96. The van der Waals surface area contributed by atoms with Gasteiger partial charge in [-0.25, -0.2) is 13.1 Å². The number of benzene rings is 1. The molecule has 1 aromatic carbocycles. The van der Waals surface area contributed by atoms with E-state index < -0.39 is 10.0 Å². The molecule has 2 rings (SSSR count). The normalized spacial score (nSPS) is 11.8. The lowest BCUT2D eigenvalue weighted by atomic mass is 10.2. The molecule has 19 heavy (non-hydrogen) atoms. The first-order valence-electron chi connectivity index (χ1n) is 6.03.